The number of hydrogen-bond donors (Lipinski definition) is 1. The van der Waals surface area contributed by atoms with Crippen LogP contribution in [0.15, 0.2) is 33.9 Å². The molecule has 0 aliphatic carbocycles. The Kier molecular flexibility index (Phi) is 3.66. The van der Waals surface area contributed by atoms with Crippen molar-refractivity contribution in [1.82, 2.24) is 14.9 Å². The topological polar surface area (TPSA) is 80.5 Å². The lowest BCUT2D eigenvalue weighted by molar-refractivity contribution is 0.851. The molecule has 2 N–H and O–H groups in total. The van der Waals surface area contributed by atoms with E-state index in [-0.39, 0.29) is 0 Å². The lowest BCUT2D eigenvalue weighted by atomic mass is 10.2. The summed E-state index contributed by atoms with van der Waals surface area (Å²) >= 11 is 4.62. The number of hydrogen-bond acceptors (Lipinski definition) is 5. The molecule has 0 unspecified atom stereocenters. The van der Waals surface area contributed by atoms with E-state index in [1.165, 1.54) is 16.4 Å². The van der Waals surface area contributed by atoms with E-state index >= 15 is 0 Å². The summed E-state index contributed by atoms with van der Waals surface area (Å²) in [4.78, 5) is 0. The third kappa shape index (κ3) is 2.60. The first-order chi connectivity index (χ1) is 8.22. The molecule has 7 heteroatoms. The molecule has 1 aromatic heterocycles. The summed E-state index contributed by atoms with van der Waals surface area (Å²) in [6.45, 7) is 0. The second-order valence-corrected chi connectivity index (χ2v) is 4.99. The molecule has 0 fully saturated rings. The van der Waals surface area contributed by atoms with Crippen molar-refractivity contribution in [2.75, 3.05) is 11.6 Å². The zero-order chi connectivity index (χ0) is 12.3. The van der Waals surface area contributed by atoms with Crippen molar-refractivity contribution in [3.63, 3.8) is 0 Å². The third-order valence-electron chi connectivity index (χ3n) is 2.03. The average molecular weight is 310 g/mol. The summed E-state index contributed by atoms with van der Waals surface area (Å²) in [5.41, 5.74) is 0.881. The summed E-state index contributed by atoms with van der Waals surface area (Å²) in [6, 6.07) is 9.64. The average Bonchev–Trinajstić information content (AvgIpc) is 2.69. The van der Waals surface area contributed by atoms with E-state index in [1.54, 1.807) is 0 Å². The monoisotopic (exact) mass is 309 g/mol. The molecule has 5 nitrogen and oxygen atoms in total. The molecule has 1 aromatic carbocycles. The fourth-order valence-electron chi connectivity index (χ4n) is 1.27. The molecule has 0 bridgehead atoms. The first kappa shape index (κ1) is 12.0. The summed E-state index contributed by atoms with van der Waals surface area (Å²) in [6.07, 6.45) is 0. The van der Waals surface area contributed by atoms with Gasteiger partial charge in [0.25, 0.3) is 0 Å². The number of nitrogens with zero attached hydrogens (tertiary/aromatic N) is 4. The molecule has 2 rings (SSSR count). The predicted molar refractivity (Wildman–Crippen MR) is 69.6 cm³/mol. The molecule has 17 heavy (non-hydrogen) atoms. The van der Waals surface area contributed by atoms with Crippen molar-refractivity contribution < 1.29 is 0 Å². The van der Waals surface area contributed by atoms with Crippen molar-refractivity contribution in [1.29, 1.82) is 5.26 Å². The van der Waals surface area contributed by atoms with Gasteiger partial charge in [-0.05, 0) is 12.1 Å². The molecule has 0 aliphatic rings. The molecule has 1 heterocycles. The maximum atomic E-state index is 8.50. The van der Waals surface area contributed by atoms with Crippen LogP contribution in [-0.2, 0) is 0 Å². The van der Waals surface area contributed by atoms with E-state index < -0.39 is 0 Å². The smallest absolute Gasteiger partial charge is 0.211 e. The maximum absolute atomic E-state index is 8.50. The van der Waals surface area contributed by atoms with Gasteiger partial charge in [-0.25, -0.2) is 4.68 Å². The van der Waals surface area contributed by atoms with Crippen LogP contribution in [0.1, 0.15) is 0 Å². The molecule has 2 aromatic rings. The van der Waals surface area contributed by atoms with E-state index in [4.69, 9.17) is 11.1 Å². The number of thioether (sulfide) groups is 1. The van der Waals surface area contributed by atoms with E-state index in [0.717, 1.165) is 10.0 Å². The van der Waals surface area contributed by atoms with Gasteiger partial charge in [-0.1, -0.05) is 39.8 Å². The number of benzene rings is 1. The summed E-state index contributed by atoms with van der Waals surface area (Å²) in [5.74, 6) is 6.75. The predicted octanol–water partition coefficient (Wildman–Crippen LogP) is 2.04. The molecular formula is C10H8BrN5S. The van der Waals surface area contributed by atoms with Crippen molar-refractivity contribution in [2.45, 2.75) is 5.16 Å². The van der Waals surface area contributed by atoms with Gasteiger partial charge in [0.2, 0.25) is 5.16 Å². The molecule has 0 aliphatic heterocycles. The zero-order valence-corrected chi connectivity index (χ0v) is 11.1. The van der Waals surface area contributed by atoms with Gasteiger partial charge < -0.3 is 5.84 Å². The number of nitriles is 1. The highest BCUT2D eigenvalue weighted by molar-refractivity contribution is 9.10. The van der Waals surface area contributed by atoms with Crippen molar-refractivity contribution in [2.24, 2.45) is 0 Å². The van der Waals surface area contributed by atoms with E-state index in [9.17, 15) is 0 Å². The first-order valence-electron chi connectivity index (χ1n) is 4.68. The fourth-order valence-corrected chi connectivity index (χ4v) is 2.05. The maximum Gasteiger partial charge on any atom is 0.211 e. The van der Waals surface area contributed by atoms with Crippen LogP contribution in [0, 0.1) is 11.3 Å². The Morgan fingerprint density at radius 2 is 2.06 bits per heavy atom. The van der Waals surface area contributed by atoms with E-state index in [1.807, 2.05) is 30.3 Å². The highest BCUT2D eigenvalue weighted by Crippen LogP contribution is 2.22. The van der Waals surface area contributed by atoms with Gasteiger partial charge in [-0.15, -0.1) is 10.2 Å². The Morgan fingerprint density at radius 1 is 1.35 bits per heavy atom. The Balaban J connectivity index is 2.31. The minimum Gasteiger partial charge on any atom is -0.335 e. The number of nitrogens with two attached hydrogens (primary N) is 1. The van der Waals surface area contributed by atoms with Gasteiger partial charge in [0.15, 0.2) is 5.82 Å². The van der Waals surface area contributed by atoms with Gasteiger partial charge in [-0.3, -0.25) is 0 Å². The Bertz CT molecular complexity index is 557. The molecule has 86 valence electrons. The van der Waals surface area contributed by atoms with Crippen LogP contribution in [-0.4, -0.2) is 20.6 Å². The van der Waals surface area contributed by atoms with Crippen LogP contribution in [0.25, 0.3) is 11.4 Å². The first-order valence-corrected chi connectivity index (χ1v) is 6.46. The van der Waals surface area contributed by atoms with Crippen molar-refractivity contribution in [3.8, 4) is 17.5 Å². The van der Waals surface area contributed by atoms with Gasteiger partial charge in [0, 0.05) is 10.0 Å². The van der Waals surface area contributed by atoms with Crippen molar-refractivity contribution >= 4 is 27.7 Å². The minimum atomic E-state index is 0.301. The molecule has 0 radical (unpaired) electrons. The highest BCUT2D eigenvalue weighted by atomic mass is 79.9. The largest absolute Gasteiger partial charge is 0.335 e. The van der Waals surface area contributed by atoms with Gasteiger partial charge >= 0.3 is 0 Å². The standard InChI is InChI=1S/C10H8BrN5S/c11-8-3-1-7(2-4-8)9-14-15-10(16(9)13)17-6-5-12/h1-4H,6,13H2. The van der Waals surface area contributed by atoms with Crippen LogP contribution < -0.4 is 5.84 Å². The van der Waals surface area contributed by atoms with Crippen LogP contribution in [0.3, 0.4) is 0 Å². The van der Waals surface area contributed by atoms with E-state index in [0.29, 0.717) is 16.7 Å². The van der Waals surface area contributed by atoms with Crippen LogP contribution in [0.2, 0.25) is 0 Å². The normalized spacial score (nSPS) is 10.1. The summed E-state index contributed by atoms with van der Waals surface area (Å²) in [7, 11) is 0. The molecule has 0 saturated carbocycles. The lowest BCUT2D eigenvalue weighted by Gasteiger charge is -2.02. The number of aromatic nitrogens is 3. The second kappa shape index (κ2) is 5.21. The molecule has 0 amide bonds. The van der Waals surface area contributed by atoms with E-state index in [2.05, 4.69) is 26.1 Å². The lowest BCUT2D eigenvalue weighted by Crippen LogP contribution is -2.11. The summed E-state index contributed by atoms with van der Waals surface area (Å²) in [5, 5.41) is 17.0. The van der Waals surface area contributed by atoms with Gasteiger partial charge in [0.1, 0.15) is 0 Å². The van der Waals surface area contributed by atoms with Gasteiger partial charge in [-0.2, -0.15) is 5.26 Å². The van der Waals surface area contributed by atoms with Crippen molar-refractivity contribution in [3.05, 3.63) is 28.7 Å². The Labute approximate surface area is 111 Å². The molecule has 0 spiro atoms. The molecule has 0 saturated heterocycles. The SMILES string of the molecule is N#CCSc1nnc(-c2ccc(Br)cc2)n1N. The minimum absolute atomic E-state index is 0.301. The Morgan fingerprint density at radius 3 is 2.71 bits per heavy atom. The molecular weight excluding hydrogens is 302 g/mol. The fraction of sp³-hybridized carbons (Fsp3) is 0.100. The highest BCUT2D eigenvalue weighted by Gasteiger charge is 2.11. The molecule has 0 atom stereocenters. The summed E-state index contributed by atoms with van der Waals surface area (Å²) < 4.78 is 2.38. The second-order valence-electron chi connectivity index (χ2n) is 3.13. The quantitative estimate of drug-likeness (QED) is 0.693. The zero-order valence-electron chi connectivity index (χ0n) is 8.67. The number of rotatable bonds is 3. The van der Waals surface area contributed by atoms with Crippen LogP contribution >= 0.6 is 27.7 Å². The van der Waals surface area contributed by atoms with Crippen LogP contribution in [0.5, 0.6) is 0 Å². The third-order valence-corrected chi connectivity index (χ3v) is 3.37. The van der Waals surface area contributed by atoms with Gasteiger partial charge in [0.05, 0.1) is 11.8 Å². The van der Waals surface area contributed by atoms with Crippen LogP contribution in [0.4, 0.5) is 0 Å². The number of halogens is 1. The number of nitrogen functional groups attached to an aromatic ring is 1. The Hall–Kier alpha value is -1.52.